The van der Waals surface area contributed by atoms with Crippen molar-refractivity contribution in [3.63, 3.8) is 0 Å². The second-order valence-corrected chi connectivity index (χ2v) is 7.38. The normalized spacial score (nSPS) is 12.5. The molecule has 0 heterocycles. The minimum atomic E-state index is -3.62. The summed E-state index contributed by atoms with van der Waals surface area (Å²) in [7, 11) is -7.08. The number of carboxylic acids is 1. The standard InChI is InChI=1S/C8H18N2O6S2/c1-2-9-18(15,16)7-5-10-17(13,14)6-3-4-8(11)12/h9-10H,2-7H2,1H3,(H,11,12). The Labute approximate surface area is 107 Å². The first kappa shape index (κ1) is 17.3. The van der Waals surface area contributed by atoms with Crippen LogP contribution in [0, 0.1) is 0 Å². The van der Waals surface area contributed by atoms with Gasteiger partial charge in [-0.3, -0.25) is 4.79 Å². The lowest BCUT2D eigenvalue weighted by Gasteiger charge is -2.07. The molecule has 0 unspecified atom stereocenters. The summed E-state index contributed by atoms with van der Waals surface area (Å²) in [6.07, 6.45) is -0.249. The van der Waals surface area contributed by atoms with Crippen molar-refractivity contribution in [1.82, 2.24) is 9.44 Å². The summed E-state index contributed by atoms with van der Waals surface area (Å²) >= 11 is 0. The Morgan fingerprint density at radius 2 is 1.61 bits per heavy atom. The van der Waals surface area contributed by atoms with Crippen molar-refractivity contribution < 1.29 is 26.7 Å². The van der Waals surface area contributed by atoms with Crippen molar-refractivity contribution in [1.29, 1.82) is 0 Å². The van der Waals surface area contributed by atoms with E-state index >= 15 is 0 Å². The number of sulfonamides is 2. The number of rotatable bonds is 10. The molecule has 0 aromatic rings. The first-order chi connectivity index (χ1) is 8.18. The largest absolute Gasteiger partial charge is 0.481 e. The molecule has 0 aromatic carbocycles. The number of carbonyl (C=O) groups is 1. The quantitative estimate of drug-likeness (QED) is 0.460. The van der Waals surface area contributed by atoms with E-state index in [1.807, 2.05) is 0 Å². The van der Waals surface area contributed by atoms with Gasteiger partial charge in [-0.25, -0.2) is 26.3 Å². The average Bonchev–Trinajstić information content (AvgIpc) is 2.15. The summed E-state index contributed by atoms with van der Waals surface area (Å²) in [6, 6.07) is 0. The molecule has 108 valence electrons. The van der Waals surface area contributed by atoms with Gasteiger partial charge in [-0.2, -0.15) is 0 Å². The fourth-order valence-corrected chi connectivity index (χ4v) is 3.28. The van der Waals surface area contributed by atoms with Crippen molar-refractivity contribution in [2.75, 3.05) is 24.6 Å². The Morgan fingerprint density at radius 1 is 1.06 bits per heavy atom. The molecule has 3 N–H and O–H groups in total. The molecule has 0 saturated carbocycles. The highest BCUT2D eigenvalue weighted by Crippen LogP contribution is 1.94. The number of hydrogen-bond donors (Lipinski definition) is 3. The third-order valence-corrected chi connectivity index (χ3v) is 4.80. The molecular weight excluding hydrogens is 284 g/mol. The van der Waals surface area contributed by atoms with Crippen LogP contribution >= 0.6 is 0 Å². The predicted molar refractivity (Wildman–Crippen MR) is 66.1 cm³/mol. The molecule has 0 amide bonds. The highest BCUT2D eigenvalue weighted by molar-refractivity contribution is 7.90. The number of carboxylic acid groups (broad SMARTS) is 1. The molecule has 0 spiro atoms. The smallest absolute Gasteiger partial charge is 0.303 e. The van der Waals surface area contributed by atoms with Gasteiger partial charge < -0.3 is 5.11 Å². The van der Waals surface area contributed by atoms with Crippen LogP contribution in [0.4, 0.5) is 0 Å². The van der Waals surface area contributed by atoms with Crippen LogP contribution in [-0.4, -0.2) is 52.5 Å². The topological polar surface area (TPSA) is 130 Å². The first-order valence-electron chi connectivity index (χ1n) is 5.35. The summed E-state index contributed by atoms with van der Waals surface area (Å²) in [5.74, 6) is -1.75. The van der Waals surface area contributed by atoms with Gasteiger partial charge in [0.2, 0.25) is 20.0 Å². The van der Waals surface area contributed by atoms with Gasteiger partial charge in [-0.1, -0.05) is 6.92 Å². The third kappa shape index (κ3) is 9.33. The highest BCUT2D eigenvalue weighted by Gasteiger charge is 2.13. The maximum atomic E-state index is 11.3. The fraction of sp³-hybridized carbons (Fsp3) is 0.875. The van der Waals surface area contributed by atoms with Crippen LogP contribution in [0.5, 0.6) is 0 Å². The zero-order valence-corrected chi connectivity index (χ0v) is 11.7. The minimum absolute atomic E-state index is 0.00930. The molecule has 0 fully saturated rings. The van der Waals surface area contributed by atoms with Crippen molar-refractivity contribution in [2.45, 2.75) is 19.8 Å². The van der Waals surface area contributed by atoms with E-state index in [0.717, 1.165) is 0 Å². The molecule has 0 bridgehead atoms. The molecule has 8 nitrogen and oxygen atoms in total. The lowest BCUT2D eigenvalue weighted by atomic mass is 10.3. The second-order valence-electron chi connectivity index (χ2n) is 3.53. The predicted octanol–water partition coefficient (Wildman–Crippen LogP) is -1.29. The monoisotopic (exact) mass is 302 g/mol. The SMILES string of the molecule is CCNS(=O)(=O)CCNS(=O)(=O)CCCC(=O)O. The summed E-state index contributed by atoms with van der Waals surface area (Å²) in [5.41, 5.74) is 0. The lowest BCUT2D eigenvalue weighted by molar-refractivity contribution is -0.137. The van der Waals surface area contributed by atoms with Crippen molar-refractivity contribution in [3.05, 3.63) is 0 Å². The zero-order chi connectivity index (χ0) is 14.2. The first-order valence-corrected chi connectivity index (χ1v) is 8.65. The number of nitrogens with one attached hydrogen (secondary N) is 2. The van der Waals surface area contributed by atoms with Gasteiger partial charge in [0.05, 0.1) is 11.5 Å². The van der Waals surface area contributed by atoms with Crippen LogP contribution in [0.25, 0.3) is 0 Å². The molecule has 0 rings (SSSR count). The Hall–Kier alpha value is -0.710. The van der Waals surface area contributed by atoms with Gasteiger partial charge in [-0.15, -0.1) is 0 Å². The second kappa shape index (κ2) is 7.67. The molecule has 0 aliphatic heterocycles. The fourth-order valence-electron chi connectivity index (χ4n) is 1.11. The van der Waals surface area contributed by atoms with E-state index in [4.69, 9.17) is 5.11 Å². The molecule has 0 aliphatic carbocycles. The van der Waals surface area contributed by atoms with Crippen LogP contribution in [0.2, 0.25) is 0 Å². The van der Waals surface area contributed by atoms with Gasteiger partial charge in [0.15, 0.2) is 0 Å². The molecule has 0 aliphatic rings. The van der Waals surface area contributed by atoms with Crippen molar-refractivity contribution >= 4 is 26.0 Å². The lowest BCUT2D eigenvalue weighted by Crippen LogP contribution is -2.35. The Balaban J connectivity index is 4.01. The van der Waals surface area contributed by atoms with E-state index < -0.39 is 26.0 Å². The van der Waals surface area contributed by atoms with E-state index in [0.29, 0.717) is 0 Å². The van der Waals surface area contributed by atoms with E-state index in [-0.39, 0.29) is 37.4 Å². The van der Waals surface area contributed by atoms with Gasteiger partial charge >= 0.3 is 5.97 Å². The van der Waals surface area contributed by atoms with Crippen molar-refractivity contribution in [2.24, 2.45) is 0 Å². The van der Waals surface area contributed by atoms with Crippen molar-refractivity contribution in [3.8, 4) is 0 Å². The van der Waals surface area contributed by atoms with Gasteiger partial charge in [0.25, 0.3) is 0 Å². The van der Waals surface area contributed by atoms with Crippen LogP contribution in [0.1, 0.15) is 19.8 Å². The number of hydrogen-bond acceptors (Lipinski definition) is 5. The molecular formula is C8H18N2O6S2. The van der Waals surface area contributed by atoms with Crippen LogP contribution in [-0.2, 0) is 24.8 Å². The summed E-state index contributed by atoms with van der Waals surface area (Å²) in [6.45, 7) is 1.63. The van der Waals surface area contributed by atoms with Gasteiger partial charge in [0.1, 0.15) is 0 Å². The maximum Gasteiger partial charge on any atom is 0.303 e. The zero-order valence-electron chi connectivity index (χ0n) is 10.0. The van der Waals surface area contributed by atoms with Crippen LogP contribution in [0.15, 0.2) is 0 Å². The van der Waals surface area contributed by atoms with Crippen LogP contribution < -0.4 is 9.44 Å². The summed E-state index contributed by atoms with van der Waals surface area (Å²) in [5, 5.41) is 8.35. The molecule has 0 radical (unpaired) electrons. The Morgan fingerprint density at radius 3 is 2.11 bits per heavy atom. The molecule has 10 heteroatoms. The van der Waals surface area contributed by atoms with E-state index in [1.165, 1.54) is 0 Å². The Bertz CT molecular complexity index is 456. The Kier molecular flexibility index (Phi) is 7.36. The van der Waals surface area contributed by atoms with Crippen LogP contribution in [0.3, 0.4) is 0 Å². The third-order valence-electron chi connectivity index (χ3n) is 1.86. The minimum Gasteiger partial charge on any atom is -0.481 e. The molecule has 0 saturated heterocycles. The maximum absolute atomic E-state index is 11.3. The van der Waals surface area contributed by atoms with E-state index in [9.17, 15) is 21.6 Å². The number of aliphatic carboxylic acids is 1. The highest BCUT2D eigenvalue weighted by atomic mass is 32.2. The van der Waals surface area contributed by atoms with Gasteiger partial charge in [0, 0.05) is 19.5 Å². The summed E-state index contributed by atoms with van der Waals surface area (Å²) in [4.78, 5) is 10.2. The molecule has 18 heavy (non-hydrogen) atoms. The van der Waals surface area contributed by atoms with E-state index in [1.54, 1.807) is 6.92 Å². The molecule has 0 aromatic heterocycles. The van der Waals surface area contributed by atoms with E-state index in [2.05, 4.69) is 9.44 Å². The van der Waals surface area contributed by atoms with Gasteiger partial charge in [-0.05, 0) is 6.42 Å². The average molecular weight is 302 g/mol. The molecule has 0 atom stereocenters. The summed E-state index contributed by atoms with van der Waals surface area (Å²) < 4.78 is 49.4.